The maximum absolute atomic E-state index is 10.1. The largest absolute Gasteiger partial charge is 0.348 e. The molecule has 2 nitrogen and oxygen atoms in total. The summed E-state index contributed by atoms with van der Waals surface area (Å²) in [6.07, 6.45) is 29.4. The lowest BCUT2D eigenvalue weighted by molar-refractivity contribution is 0.00739. The van der Waals surface area contributed by atoms with Crippen molar-refractivity contribution in [2.75, 3.05) is 0 Å². The Labute approximate surface area is 316 Å². The third kappa shape index (κ3) is 14.7. The molecule has 2 aromatic rings. The third-order valence-electron chi connectivity index (χ3n) is 10.8. The van der Waals surface area contributed by atoms with E-state index in [2.05, 4.69) is 90.3 Å². The minimum absolute atomic E-state index is 0.903. The Morgan fingerprint density at radius 3 is 1.29 bits per heavy atom. The van der Waals surface area contributed by atoms with E-state index in [0.29, 0.717) is 0 Å². The first-order valence-corrected chi connectivity index (χ1v) is 22.0. The van der Waals surface area contributed by atoms with Crippen molar-refractivity contribution in [1.29, 1.82) is 0 Å². The highest BCUT2D eigenvalue weighted by atomic mass is 14.8. The van der Waals surface area contributed by atoms with Gasteiger partial charge in [-0.15, -0.1) is 4.79 Å². The predicted molar refractivity (Wildman–Crippen MR) is 226 cm³/mol. The van der Waals surface area contributed by atoms with Crippen LogP contribution in [0.5, 0.6) is 0 Å². The van der Waals surface area contributed by atoms with E-state index in [1.807, 2.05) is 0 Å². The molecule has 2 rings (SSSR count). The molecule has 2 aromatic carbocycles. The van der Waals surface area contributed by atoms with E-state index in [0.717, 1.165) is 82.6 Å². The van der Waals surface area contributed by atoms with Gasteiger partial charge in [-0.1, -0.05) is 157 Å². The minimum atomic E-state index is 0.903. The van der Waals surface area contributed by atoms with Gasteiger partial charge in [-0.3, -0.25) is 0 Å². The molecule has 0 fully saturated rings. The second-order valence-electron chi connectivity index (χ2n) is 15.3. The summed E-state index contributed by atoms with van der Waals surface area (Å²) in [5, 5.41) is 0. The Morgan fingerprint density at radius 1 is 0.451 bits per heavy atom. The number of unbranched alkanes of at least 4 members (excludes halogenated alkanes) is 9. The van der Waals surface area contributed by atoms with Gasteiger partial charge < -0.3 is 5.53 Å². The van der Waals surface area contributed by atoms with Crippen LogP contribution >= 0.6 is 0 Å². The van der Waals surface area contributed by atoms with Crippen LogP contribution in [0.3, 0.4) is 0 Å². The van der Waals surface area contributed by atoms with Crippen molar-refractivity contribution in [3.05, 3.63) is 85.5 Å². The van der Waals surface area contributed by atoms with E-state index in [1.54, 1.807) is 33.4 Å². The molecule has 0 aromatic heterocycles. The summed E-state index contributed by atoms with van der Waals surface area (Å²) in [7, 11) is 0. The highest BCUT2D eigenvalue weighted by Crippen LogP contribution is 2.39. The molecule has 0 aliphatic heterocycles. The summed E-state index contributed by atoms with van der Waals surface area (Å²) >= 11 is 0. The second-order valence-corrected chi connectivity index (χ2v) is 15.3. The Bertz CT molecular complexity index is 1340. The fraction of sp³-hybridized carbons (Fsp3) is 0.673. The van der Waals surface area contributed by atoms with Crippen molar-refractivity contribution >= 4 is 11.4 Å². The quantitative estimate of drug-likeness (QED) is 0.0279. The summed E-state index contributed by atoms with van der Waals surface area (Å²) in [4.78, 5) is 3.62. The summed E-state index contributed by atoms with van der Waals surface area (Å²) < 4.78 is 0. The number of rotatable bonds is 28. The van der Waals surface area contributed by atoms with Gasteiger partial charge in [-0.2, -0.15) is 0 Å². The Hall–Kier alpha value is -2.66. The Morgan fingerprint density at radius 2 is 0.863 bits per heavy atom. The van der Waals surface area contributed by atoms with Crippen LogP contribution in [-0.2, 0) is 38.5 Å². The molecule has 0 unspecified atom stereocenters. The molecule has 0 heterocycles. The van der Waals surface area contributed by atoms with Gasteiger partial charge in [0, 0.05) is 0 Å². The summed E-state index contributed by atoms with van der Waals surface area (Å²) in [5.74, 6) is 3.18. The molecule has 0 spiro atoms. The predicted octanol–water partition coefficient (Wildman–Crippen LogP) is 15.1. The third-order valence-corrected chi connectivity index (χ3v) is 10.8. The van der Waals surface area contributed by atoms with Gasteiger partial charge in [0.05, 0.1) is 5.57 Å². The van der Waals surface area contributed by atoms with E-state index in [4.69, 9.17) is 0 Å². The van der Waals surface area contributed by atoms with Crippen LogP contribution < -0.4 is 0 Å². The van der Waals surface area contributed by atoms with Gasteiger partial charge >= 0.3 is 5.87 Å². The normalized spacial score (nSPS) is 11.8. The summed E-state index contributed by atoms with van der Waals surface area (Å²) in [6.45, 7) is 18.6. The van der Waals surface area contributed by atoms with E-state index in [-0.39, 0.29) is 0 Å². The lowest BCUT2D eigenvalue weighted by atomic mass is 9.80. The van der Waals surface area contributed by atoms with Crippen LogP contribution in [0.1, 0.15) is 222 Å². The molecule has 2 heteroatoms. The van der Waals surface area contributed by atoms with Crippen molar-refractivity contribution in [2.24, 2.45) is 0 Å². The van der Waals surface area contributed by atoms with Crippen LogP contribution in [0.15, 0.2) is 35.4 Å². The molecule has 0 radical (unpaired) electrons. The minimum Gasteiger partial charge on any atom is -0.348 e. The highest BCUT2D eigenvalue weighted by molar-refractivity contribution is 5.88. The van der Waals surface area contributed by atoms with Gasteiger partial charge in [0.2, 0.25) is 0 Å². The first kappa shape index (κ1) is 44.5. The molecule has 51 heavy (non-hydrogen) atoms. The number of nitrogens with zero attached hydrogens (tertiary/aromatic N) is 2. The zero-order chi connectivity index (χ0) is 37.3. The first-order valence-electron chi connectivity index (χ1n) is 22.0. The maximum Gasteiger partial charge on any atom is 0.303 e. The van der Waals surface area contributed by atoms with Crippen LogP contribution in [0.4, 0.5) is 0 Å². The lowest BCUT2D eigenvalue weighted by Crippen LogP contribution is -2.08. The van der Waals surface area contributed by atoms with Crippen molar-refractivity contribution in [3.8, 4) is 0 Å². The number of hydrogen-bond acceptors (Lipinski definition) is 0. The summed E-state index contributed by atoms with van der Waals surface area (Å²) in [5.41, 5.74) is 26.2. The number of benzene rings is 2. The van der Waals surface area contributed by atoms with Crippen molar-refractivity contribution < 1.29 is 4.79 Å². The molecule has 0 saturated carbocycles. The highest BCUT2D eigenvalue weighted by Gasteiger charge is 2.23. The van der Waals surface area contributed by atoms with Crippen LogP contribution in [0, 0.1) is 0 Å². The monoisotopic (exact) mass is 695 g/mol. The topological polar surface area (TPSA) is 36.4 Å². The van der Waals surface area contributed by atoms with Crippen LogP contribution in [-0.4, -0.2) is 10.7 Å². The van der Waals surface area contributed by atoms with E-state index in [9.17, 15) is 5.53 Å². The van der Waals surface area contributed by atoms with Gasteiger partial charge in [0.1, 0.15) is 0 Å². The number of allylic oxidation sites excluding steroid dienone is 2. The van der Waals surface area contributed by atoms with Gasteiger partial charge in [0.15, 0.2) is 0 Å². The maximum atomic E-state index is 10.1. The average molecular weight is 695 g/mol. The number of aryl methyl sites for hydroxylation is 4. The van der Waals surface area contributed by atoms with Crippen LogP contribution in [0.25, 0.3) is 11.1 Å². The van der Waals surface area contributed by atoms with Crippen molar-refractivity contribution in [3.63, 3.8) is 0 Å². The average Bonchev–Trinajstić information content (AvgIpc) is 3.12. The molecule has 0 saturated heterocycles. The SMILES string of the molecule is CCCCCC(=C=[N+]=[N-])C(CCCC)=C(c1cc(CCC)c(CCC)c(CCC)c1)c1cc(CCCCC)c(CCCCC)c(CCCCC)c1. The molecular weight excluding hydrogens is 617 g/mol. The molecule has 0 aliphatic rings. The van der Waals surface area contributed by atoms with Crippen molar-refractivity contribution in [1.82, 2.24) is 0 Å². The zero-order valence-electron chi connectivity index (χ0n) is 34.9. The molecular formula is C49H78N2. The Kier molecular flexibility index (Phi) is 23.6. The zero-order valence-corrected chi connectivity index (χ0v) is 34.9. The standard InChI is InChI=1S/C49H78N2/c1-9-17-22-29-41-36-45(37-42(30-23-18-10-2)47(41)33-25-20-12-4)49(48(32-21-13-5)43(38-51-50)31-24-19-11-3)44-34-39(26-14-6)46(28-16-8)40(35-44)27-15-7/h34-37H,9-33H2,1-8H3. The van der Waals surface area contributed by atoms with Crippen molar-refractivity contribution in [2.45, 2.75) is 216 Å². The summed E-state index contributed by atoms with van der Waals surface area (Å²) in [6, 6.07) is 10.4. The van der Waals surface area contributed by atoms with Gasteiger partial charge in [0.25, 0.3) is 0 Å². The fourth-order valence-corrected chi connectivity index (χ4v) is 8.07. The van der Waals surface area contributed by atoms with Gasteiger partial charge in [-0.25, -0.2) is 0 Å². The van der Waals surface area contributed by atoms with E-state index < -0.39 is 0 Å². The smallest absolute Gasteiger partial charge is 0.303 e. The number of hydrogen-bond donors (Lipinski definition) is 0. The lowest BCUT2D eigenvalue weighted by Gasteiger charge is -2.24. The molecule has 0 bridgehead atoms. The molecule has 0 amide bonds. The van der Waals surface area contributed by atoms with Crippen LogP contribution in [0.2, 0.25) is 0 Å². The van der Waals surface area contributed by atoms with E-state index >= 15 is 0 Å². The molecule has 0 N–H and O–H groups in total. The fourth-order valence-electron chi connectivity index (χ4n) is 8.07. The first-order chi connectivity index (χ1) is 25.0. The van der Waals surface area contributed by atoms with Gasteiger partial charge in [-0.05, 0) is 139 Å². The molecule has 0 aliphatic carbocycles. The second kappa shape index (κ2) is 27.0. The van der Waals surface area contributed by atoms with E-state index in [1.165, 1.54) is 106 Å². The molecule has 284 valence electrons. The Balaban J connectivity index is 3.21. The molecule has 0 atom stereocenters.